The van der Waals surface area contributed by atoms with E-state index in [9.17, 15) is 14.4 Å². The van der Waals surface area contributed by atoms with Crippen LogP contribution in [0.15, 0.2) is 36.0 Å². The molecule has 2 aliphatic rings. The van der Waals surface area contributed by atoms with Gasteiger partial charge in [-0.05, 0) is 37.1 Å². The van der Waals surface area contributed by atoms with E-state index in [4.69, 9.17) is 15.2 Å². The first-order chi connectivity index (χ1) is 14.3. The Bertz CT molecular complexity index is 1080. The van der Waals surface area contributed by atoms with Crippen LogP contribution in [0.25, 0.3) is 0 Å². The van der Waals surface area contributed by atoms with Crippen molar-refractivity contribution in [1.82, 2.24) is 9.47 Å². The monoisotopic (exact) mass is 409 g/mol. The number of ketones is 2. The molecule has 2 aromatic rings. The third-order valence-electron chi connectivity index (χ3n) is 5.59. The summed E-state index contributed by atoms with van der Waals surface area (Å²) in [6, 6.07) is 7.36. The van der Waals surface area contributed by atoms with Crippen LogP contribution in [0.1, 0.15) is 44.6 Å². The summed E-state index contributed by atoms with van der Waals surface area (Å²) >= 11 is 0. The van der Waals surface area contributed by atoms with Crippen molar-refractivity contribution in [2.24, 2.45) is 12.8 Å². The van der Waals surface area contributed by atoms with E-state index >= 15 is 0 Å². The molecule has 30 heavy (non-hydrogen) atoms. The van der Waals surface area contributed by atoms with E-state index in [1.54, 1.807) is 35.9 Å². The van der Waals surface area contributed by atoms with Crippen LogP contribution in [0.2, 0.25) is 0 Å². The maximum atomic E-state index is 13.0. The first-order valence-corrected chi connectivity index (χ1v) is 9.67. The summed E-state index contributed by atoms with van der Waals surface area (Å²) in [6.07, 6.45) is 0.624. The molecule has 1 fully saturated rings. The number of hydrogen-bond acceptors (Lipinski definition) is 6. The van der Waals surface area contributed by atoms with E-state index in [1.165, 1.54) is 6.08 Å². The van der Waals surface area contributed by atoms with Crippen LogP contribution in [0, 0.1) is 6.92 Å². The Kier molecular flexibility index (Phi) is 4.85. The van der Waals surface area contributed by atoms with Gasteiger partial charge in [-0.25, -0.2) is 4.79 Å². The van der Waals surface area contributed by atoms with Crippen LogP contribution in [0.3, 0.4) is 0 Å². The van der Waals surface area contributed by atoms with Gasteiger partial charge in [0.15, 0.2) is 0 Å². The maximum absolute atomic E-state index is 13.0. The second-order valence-electron chi connectivity index (χ2n) is 7.62. The van der Waals surface area contributed by atoms with E-state index < -0.39 is 6.09 Å². The average molecular weight is 409 g/mol. The van der Waals surface area contributed by atoms with Crippen molar-refractivity contribution in [2.75, 3.05) is 6.54 Å². The molecule has 8 nitrogen and oxygen atoms in total. The van der Waals surface area contributed by atoms with E-state index in [1.807, 2.05) is 18.7 Å². The first-order valence-electron chi connectivity index (χ1n) is 9.67. The molecule has 1 aromatic carbocycles. The third-order valence-corrected chi connectivity index (χ3v) is 5.59. The lowest BCUT2D eigenvalue weighted by Crippen LogP contribution is -2.23. The molecule has 1 unspecified atom stereocenters. The number of aromatic nitrogens is 1. The molecule has 0 saturated carbocycles. The number of nitrogens with two attached hydrogens (primary N) is 1. The zero-order valence-corrected chi connectivity index (χ0v) is 17.1. The third kappa shape index (κ3) is 3.45. The zero-order valence-electron chi connectivity index (χ0n) is 17.1. The molecular formula is C22H23N3O5. The Balaban J connectivity index is 1.52. The summed E-state index contributed by atoms with van der Waals surface area (Å²) in [5.74, 6) is 0.354. The minimum absolute atomic E-state index is 0.0917. The lowest BCUT2D eigenvalue weighted by molar-refractivity contribution is 0.0964. The van der Waals surface area contributed by atoms with Gasteiger partial charge in [-0.15, -0.1) is 0 Å². The smallest absolute Gasteiger partial charge is 0.404 e. The summed E-state index contributed by atoms with van der Waals surface area (Å²) < 4.78 is 12.4. The highest BCUT2D eigenvalue weighted by Gasteiger charge is 2.41. The molecule has 1 amide bonds. The van der Waals surface area contributed by atoms with Crippen molar-refractivity contribution in [2.45, 2.75) is 33.1 Å². The van der Waals surface area contributed by atoms with Crippen LogP contribution in [-0.2, 0) is 25.0 Å². The number of benzene rings is 1. The number of carbonyl (C=O) groups excluding carboxylic acids is 3. The highest BCUT2D eigenvalue weighted by molar-refractivity contribution is 6.24. The summed E-state index contributed by atoms with van der Waals surface area (Å²) in [7, 11) is 1.78. The van der Waals surface area contributed by atoms with E-state index in [0.29, 0.717) is 22.7 Å². The molecule has 1 aliphatic heterocycles. The summed E-state index contributed by atoms with van der Waals surface area (Å²) in [5.41, 5.74) is 8.64. The van der Waals surface area contributed by atoms with Gasteiger partial charge in [0.25, 0.3) is 0 Å². The zero-order chi connectivity index (χ0) is 21.6. The average Bonchev–Trinajstić information content (AvgIpc) is 3.37. The molecular weight excluding hydrogens is 386 g/mol. The minimum atomic E-state index is -0.826. The number of carbonyl (C=O) groups is 3. The van der Waals surface area contributed by atoms with Gasteiger partial charge in [0, 0.05) is 25.7 Å². The van der Waals surface area contributed by atoms with Gasteiger partial charge < -0.3 is 24.7 Å². The molecule has 1 aliphatic carbocycles. The first kappa shape index (κ1) is 19.8. The highest BCUT2D eigenvalue weighted by atomic mass is 16.5. The second-order valence-corrected chi connectivity index (χ2v) is 7.62. The van der Waals surface area contributed by atoms with Crippen molar-refractivity contribution < 1.29 is 23.9 Å². The van der Waals surface area contributed by atoms with Crippen LogP contribution >= 0.6 is 0 Å². The van der Waals surface area contributed by atoms with E-state index in [0.717, 1.165) is 23.4 Å². The quantitative estimate of drug-likeness (QED) is 0.735. The molecule has 4 rings (SSSR count). The van der Waals surface area contributed by atoms with Crippen molar-refractivity contribution >= 4 is 17.7 Å². The number of hydrogen-bond donors (Lipinski definition) is 1. The number of allylic oxidation sites excluding steroid dienone is 2. The van der Waals surface area contributed by atoms with Crippen molar-refractivity contribution in [3.05, 3.63) is 64.1 Å². The summed E-state index contributed by atoms with van der Waals surface area (Å²) in [4.78, 5) is 38.4. The fraction of sp³-hybridized carbons (Fsp3) is 0.318. The number of nitrogens with zero attached hydrogens (tertiary/aromatic N) is 2. The normalized spacial score (nSPS) is 17.5. The maximum Gasteiger partial charge on any atom is 0.404 e. The van der Waals surface area contributed by atoms with E-state index in [2.05, 4.69) is 0 Å². The van der Waals surface area contributed by atoms with Crippen molar-refractivity contribution in [3.63, 3.8) is 0 Å². The fourth-order valence-corrected chi connectivity index (χ4v) is 3.81. The highest BCUT2D eigenvalue weighted by Crippen LogP contribution is 2.34. The van der Waals surface area contributed by atoms with Crippen LogP contribution < -0.4 is 10.5 Å². The standard InChI is InChI=1S/C22H23N3O5/c1-12-9-25(12)16-8-18(26)20-19(21(16)27)13(2)17(24(20)3)11-29-15-6-4-14(5-7-15)10-30-22(23)28/h4-8,12H,9-11H2,1-3H3,(H2,23,28). The van der Waals surface area contributed by atoms with Gasteiger partial charge in [0.2, 0.25) is 11.6 Å². The van der Waals surface area contributed by atoms with Gasteiger partial charge in [0.1, 0.15) is 24.7 Å². The number of ether oxygens (including phenoxy) is 2. The number of amides is 1. The fourth-order valence-electron chi connectivity index (χ4n) is 3.81. The number of fused-ring (bicyclic) bond motifs is 1. The Morgan fingerprint density at radius 2 is 1.87 bits per heavy atom. The Morgan fingerprint density at radius 3 is 2.47 bits per heavy atom. The Morgan fingerprint density at radius 1 is 1.20 bits per heavy atom. The number of Topliss-reactive ketones (excluding diaryl/α,β-unsaturated/α-hetero) is 1. The number of primary amides is 1. The van der Waals surface area contributed by atoms with E-state index in [-0.39, 0.29) is 30.8 Å². The van der Waals surface area contributed by atoms with Crippen LogP contribution in [0.4, 0.5) is 4.79 Å². The van der Waals surface area contributed by atoms with Crippen LogP contribution in [-0.4, -0.2) is 39.7 Å². The van der Waals surface area contributed by atoms with Crippen molar-refractivity contribution in [1.29, 1.82) is 0 Å². The molecule has 8 heteroatoms. The lowest BCUT2D eigenvalue weighted by Gasteiger charge is -2.15. The molecule has 1 saturated heterocycles. The molecule has 0 bridgehead atoms. The predicted octanol–water partition coefficient (Wildman–Crippen LogP) is 2.47. The van der Waals surface area contributed by atoms with Crippen LogP contribution in [0.5, 0.6) is 5.75 Å². The molecule has 1 aromatic heterocycles. The minimum Gasteiger partial charge on any atom is -0.487 e. The summed E-state index contributed by atoms with van der Waals surface area (Å²) in [6.45, 7) is 4.97. The largest absolute Gasteiger partial charge is 0.487 e. The molecule has 2 heterocycles. The second kappa shape index (κ2) is 7.37. The number of rotatable bonds is 6. The van der Waals surface area contributed by atoms with Gasteiger partial charge in [-0.2, -0.15) is 0 Å². The summed E-state index contributed by atoms with van der Waals surface area (Å²) in [5, 5.41) is 0. The lowest BCUT2D eigenvalue weighted by atomic mass is 9.95. The molecule has 156 valence electrons. The SMILES string of the molecule is Cc1c2c(n(C)c1COc1ccc(COC(N)=O)cc1)C(=O)C=C(N1CC1C)C2=O. The Labute approximate surface area is 173 Å². The van der Waals surface area contributed by atoms with Gasteiger partial charge >= 0.3 is 6.09 Å². The predicted molar refractivity (Wildman–Crippen MR) is 108 cm³/mol. The Hall–Kier alpha value is -3.55. The topological polar surface area (TPSA) is 104 Å². The van der Waals surface area contributed by atoms with Gasteiger partial charge in [-0.1, -0.05) is 12.1 Å². The van der Waals surface area contributed by atoms with Gasteiger partial charge in [-0.3, -0.25) is 9.59 Å². The molecule has 1 atom stereocenters. The molecule has 0 spiro atoms. The van der Waals surface area contributed by atoms with Crippen molar-refractivity contribution in [3.8, 4) is 5.75 Å². The molecule has 0 radical (unpaired) electrons. The molecule has 2 N–H and O–H groups in total. The van der Waals surface area contributed by atoms with Gasteiger partial charge in [0.05, 0.1) is 17.0 Å².